The Morgan fingerprint density at radius 3 is 2.08 bits per heavy atom. The van der Waals surface area contributed by atoms with Crippen molar-refractivity contribution in [1.29, 1.82) is 0 Å². The van der Waals surface area contributed by atoms with Crippen LogP contribution in [-0.2, 0) is 14.3 Å². The minimum atomic E-state index is -0.514. The van der Waals surface area contributed by atoms with Crippen molar-refractivity contribution in [2.24, 2.45) is 5.73 Å². The quantitative estimate of drug-likeness (QED) is 0.394. The van der Waals surface area contributed by atoms with E-state index in [9.17, 15) is 9.59 Å². The van der Waals surface area contributed by atoms with Gasteiger partial charge in [0.15, 0.2) is 5.78 Å². The summed E-state index contributed by atoms with van der Waals surface area (Å²) in [5.41, 5.74) is 6.13. The van der Waals surface area contributed by atoms with Crippen LogP contribution in [0.25, 0.3) is 0 Å². The standard InChI is InChI=1S/C9H13NO3/c1-6(10)8(7(2)11)4-5-9(12)13-3/h4-5H,10H2,1-3H3/b5-4+,8-6+. The van der Waals surface area contributed by atoms with E-state index in [4.69, 9.17) is 5.73 Å². The lowest BCUT2D eigenvalue weighted by Gasteiger charge is -1.98. The van der Waals surface area contributed by atoms with Crippen molar-refractivity contribution in [3.05, 3.63) is 23.4 Å². The van der Waals surface area contributed by atoms with Gasteiger partial charge in [0, 0.05) is 17.3 Å². The number of esters is 1. The zero-order valence-electron chi connectivity index (χ0n) is 7.96. The summed E-state index contributed by atoms with van der Waals surface area (Å²) in [6.45, 7) is 2.98. The molecule has 0 aliphatic rings. The SMILES string of the molecule is COC(=O)/C=C/C(C(C)=O)=C(/C)N. The fraction of sp³-hybridized carbons (Fsp3) is 0.333. The van der Waals surface area contributed by atoms with Gasteiger partial charge < -0.3 is 10.5 Å². The summed E-state index contributed by atoms with van der Waals surface area (Å²) in [7, 11) is 1.26. The number of hydrogen-bond donors (Lipinski definition) is 1. The molecule has 0 atom stereocenters. The lowest BCUT2D eigenvalue weighted by molar-refractivity contribution is -0.134. The maximum atomic E-state index is 10.9. The van der Waals surface area contributed by atoms with Gasteiger partial charge in [0.2, 0.25) is 0 Å². The fourth-order valence-electron chi connectivity index (χ4n) is 0.746. The van der Waals surface area contributed by atoms with Gasteiger partial charge >= 0.3 is 5.97 Å². The minimum Gasteiger partial charge on any atom is -0.466 e. The molecule has 0 heterocycles. The summed E-state index contributed by atoms with van der Waals surface area (Å²) < 4.78 is 4.36. The molecule has 2 N–H and O–H groups in total. The molecule has 0 spiro atoms. The molecule has 0 aromatic rings. The number of ether oxygens (including phenoxy) is 1. The van der Waals surface area contributed by atoms with E-state index in [1.54, 1.807) is 6.92 Å². The highest BCUT2D eigenvalue weighted by atomic mass is 16.5. The molecule has 0 fully saturated rings. The van der Waals surface area contributed by atoms with E-state index in [0.29, 0.717) is 11.3 Å². The van der Waals surface area contributed by atoms with Crippen molar-refractivity contribution in [2.75, 3.05) is 7.11 Å². The minimum absolute atomic E-state index is 0.180. The molecule has 4 heteroatoms. The van der Waals surface area contributed by atoms with Gasteiger partial charge in [-0.15, -0.1) is 0 Å². The van der Waals surface area contributed by atoms with Crippen LogP contribution >= 0.6 is 0 Å². The second-order valence-electron chi connectivity index (χ2n) is 2.51. The first kappa shape index (κ1) is 11.4. The van der Waals surface area contributed by atoms with Crippen LogP contribution in [-0.4, -0.2) is 18.9 Å². The van der Waals surface area contributed by atoms with Gasteiger partial charge in [0.1, 0.15) is 0 Å². The van der Waals surface area contributed by atoms with E-state index in [1.807, 2.05) is 0 Å². The monoisotopic (exact) mass is 183 g/mol. The van der Waals surface area contributed by atoms with Crippen molar-refractivity contribution in [3.63, 3.8) is 0 Å². The molecule has 0 bridgehead atoms. The number of hydrogen-bond acceptors (Lipinski definition) is 4. The van der Waals surface area contributed by atoms with E-state index < -0.39 is 5.97 Å². The predicted octanol–water partition coefficient (Wildman–Crippen LogP) is 0.537. The Morgan fingerprint density at radius 1 is 1.23 bits per heavy atom. The zero-order chi connectivity index (χ0) is 10.4. The maximum Gasteiger partial charge on any atom is 0.330 e. The lowest BCUT2D eigenvalue weighted by Crippen LogP contribution is -2.04. The zero-order valence-corrected chi connectivity index (χ0v) is 7.96. The predicted molar refractivity (Wildman–Crippen MR) is 48.7 cm³/mol. The average molecular weight is 183 g/mol. The largest absolute Gasteiger partial charge is 0.466 e. The number of methoxy groups -OCH3 is 1. The Labute approximate surface area is 77.1 Å². The summed E-state index contributed by atoms with van der Waals surface area (Å²) in [4.78, 5) is 21.6. The number of rotatable bonds is 3. The fourth-order valence-corrected chi connectivity index (χ4v) is 0.746. The third-order valence-electron chi connectivity index (χ3n) is 1.39. The van der Waals surface area contributed by atoms with Crippen LogP contribution < -0.4 is 5.73 Å². The molecule has 72 valence electrons. The Morgan fingerprint density at radius 2 is 1.77 bits per heavy atom. The molecule has 0 aliphatic carbocycles. The Balaban J connectivity index is 4.66. The number of carbonyl (C=O) groups is 2. The summed E-state index contributed by atoms with van der Waals surface area (Å²) in [5, 5.41) is 0. The topological polar surface area (TPSA) is 69.4 Å². The molecular formula is C9H13NO3. The van der Waals surface area contributed by atoms with Crippen LogP contribution in [0.15, 0.2) is 23.4 Å². The number of carbonyl (C=O) groups excluding carboxylic acids is 2. The number of allylic oxidation sites excluding steroid dienone is 3. The second kappa shape index (κ2) is 5.13. The van der Waals surface area contributed by atoms with Crippen LogP contribution in [0.3, 0.4) is 0 Å². The van der Waals surface area contributed by atoms with Gasteiger partial charge in [-0.05, 0) is 19.9 Å². The summed E-state index contributed by atoms with van der Waals surface area (Å²) in [5.74, 6) is -0.694. The molecule has 0 unspecified atom stereocenters. The highest BCUT2D eigenvalue weighted by molar-refractivity contribution is 5.98. The molecule has 13 heavy (non-hydrogen) atoms. The highest BCUT2D eigenvalue weighted by Crippen LogP contribution is 2.02. The third kappa shape index (κ3) is 4.10. The molecule has 0 aromatic heterocycles. The number of nitrogens with two attached hydrogens (primary N) is 1. The first-order chi connectivity index (χ1) is 5.99. The molecule has 0 aliphatic heterocycles. The molecule has 4 nitrogen and oxygen atoms in total. The Hall–Kier alpha value is -1.58. The molecule has 0 aromatic carbocycles. The van der Waals surface area contributed by atoms with Crippen LogP contribution in [0.4, 0.5) is 0 Å². The molecule has 0 radical (unpaired) electrons. The van der Waals surface area contributed by atoms with Crippen LogP contribution in [0.2, 0.25) is 0 Å². The van der Waals surface area contributed by atoms with E-state index in [1.165, 1.54) is 20.1 Å². The van der Waals surface area contributed by atoms with Crippen LogP contribution in [0, 0.1) is 0 Å². The smallest absolute Gasteiger partial charge is 0.330 e. The van der Waals surface area contributed by atoms with E-state index in [-0.39, 0.29) is 5.78 Å². The van der Waals surface area contributed by atoms with Crippen molar-refractivity contribution >= 4 is 11.8 Å². The molecule has 0 rings (SSSR count). The molecule has 0 amide bonds. The van der Waals surface area contributed by atoms with E-state index >= 15 is 0 Å². The third-order valence-corrected chi connectivity index (χ3v) is 1.39. The summed E-state index contributed by atoms with van der Waals surface area (Å²) >= 11 is 0. The van der Waals surface area contributed by atoms with Gasteiger partial charge in [-0.2, -0.15) is 0 Å². The first-order valence-electron chi connectivity index (χ1n) is 3.72. The number of ketones is 1. The van der Waals surface area contributed by atoms with Crippen molar-refractivity contribution in [3.8, 4) is 0 Å². The highest BCUT2D eigenvalue weighted by Gasteiger charge is 2.02. The van der Waals surface area contributed by atoms with Crippen molar-refractivity contribution in [2.45, 2.75) is 13.8 Å². The molecule has 0 saturated carbocycles. The molecule has 0 saturated heterocycles. The Bertz CT molecular complexity index is 273. The van der Waals surface area contributed by atoms with Gasteiger partial charge in [-0.25, -0.2) is 4.79 Å². The average Bonchev–Trinajstić information content (AvgIpc) is 2.03. The van der Waals surface area contributed by atoms with Gasteiger partial charge in [0.05, 0.1) is 7.11 Å². The van der Waals surface area contributed by atoms with Gasteiger partial charge in [-0.1, -0.05) is 0 Å². The number of Topliss-reactive ketones (excluding diaryl/α,β-unsaturated/α-hetero) is 1. The molecular weight excluding hydrogens is 170 g/mol. The maximum absolute atomic E-state index is 10.9. The van der Waals surface area contributed by atoms with Gasteiger partial charge in [0.25, 0.3) is 0 Å². The van der Waals surface area contributed by atoms with Crippen LogP contribution in [0.1, 0.15) is 13.8 Å². The normalized spacial score (nSPS) is 12.5. The van der Waals surface area contributed by atoms with Crippen LogP contribution in [0.5, 0.6) is 0 Å². The first-order valence-corrected chi connectivity index (χ1v) is 3.72. The van der Waals surface area contributed by atoms with Crippen molar-refractivity contribution < 1.29 is 14.3 Å². The van der Waals surface area contributed by atoms with Crippen molar-refractivity contribution in [1.82, 2.24) is 0 Å². The van der Waals surface area contributed by atoms with E-state index in [2.05, 4.69) is 4.74 Å². The van der Waals surface area contributed by atoms with E-state index in [0.717, 1.165) is 6.08 Å². The summed E-state index contributed by atoms with van der Waals surface area (Å²) in [6, 6.07) is 0. The summed E-state index contributed by atoms with van der Waals surface area (Å²) in [6.07, 6.45) is 2.51. The second-order valence-corrected chi connectivity index (χ2v) is 2.51. The Kier molecular flexibility index (Phi) is 4.51. The lowest BCUT2D eigenvalue weighted by atomic mass is 10.1. The van der Waals surface area contributed by atoms with Gasteiger partial charge in [-0.3, -0.25) is 4.79 Å².